The Morgan fingerprint density at radius 1 is 1.14 bits per heavy atom. The van der Waals surface area contributed by atoms with Gasteiger partial charge in [0, 0.05) is 6.07 Å². The molecule has 0 saturated carbocycles. The van der Waals surface area contributed by atoms with Gasteiger partial charge in [-0.05, 0) is 74.5 Å². The Labute approximate surface area is 188 Å². The number of hydrazone groups is 1. The summed E-state index contributed by atoms with van der Waals surface area (Å²) >= 11 is 4.48. The minimum absolute atomic E-state index is 0.0651. The number of benzene rings is 2. The first-order valence-corrected chi connectivity index (χ1v) is 10.2. The number of anilines is 1. The predicted molar refractivity (Wildman–Crippen MR) is 125 cm³/mol. The molecular formula is C19H14I2N4O3. The Bertz CT molecular complexity index is 973. The molecule has 0 fully saturated rings. The minimum Gasteiger partial charge on any atom is -0.487 e. The quantitative estimate of drug-likeness (QED) is 0.174. The van der Waals surface area contributed by atoms with Gasteiger partial charge >= 0.3 is 0 Å². The molecule has 7 nitrogen and oxygen atoms in total. The van der Waals surface area contributed by atoms with E-state index in [9.17, 15) is 10.1 Å². The van der Waals surface area contributed by atoms with Crippen LogP contribution in [0.15, 0.2) is 65.9 Å². The number of hydrogen-bond donors (Lipinski definition) is 1. The highest BCUT2D eigenvalue weighted by Gasteiger charge is 2.09. The van der Waals surface area contributed by atoms with Crippen molar-refractivity contribution in [2.75, 3.05) is 5.43 Å². The van der Waals surface area contributed by atoms with Crippen molar-refractivity contribution in [1.82, 2.24) is 4.98 Å². The van der Waals surface area contributed by atoms with Crippen molar-refractivity contribution in [2.45, 2.75) is 6.61 Å². The third-order valence-electron chi connectivity index (χ3n) is 3.60. The van der Waals surface area contributed by atoms with E-state index in [2.05, 4.69) is 60.7 Å². The largest absolute Gasteiger partial charge is 0.487 e. The summed E-state index contributed by atoms with van der Waals surface area (Å²) in [7, 11) is 0. The molecule has 3 aromatic rings. The Hall–Kier alpha value is -2.28. The van der Waals surface area contributed by atoms with E-state index in [-0.39, 0.29) is 5.69 Å². The van der Waals surface area contributed by atoms with Crippen molar-refractivity contribution < 1.29 is 9.66 Å². The van der Waals surface area contributed by atoms with Gasteiger partial charge in [-0.2, -0.15) is 5.10 Å². The van der Waals surface area contributed by atoms with Gasteiger partial charge in [0.2, 0.25) is 0 Å². The maximum Gasteiger partial charge on any atom is 0.287 e. The molecule has 3 rings (SSSR count). The van der Waals surface area contributed by atoms with Crippen LogP contribution in [-0.4, -0.2) is 16.1 Å². The monoisotopic (exact) mass is 600 g/mol. The second-order valence-corrected chi connectivity index (χ2v) is 7.94. The van der Waals surface area contributed by atoms with Crippen LogP contribution < -0.4 is 10.2 Å². The molecule has 1 heterocycles. The van der Waals surface area contributed by atoms with Crippen molar-refractivity contribution in [3.63, 3.8) is 0 Å². The topological polar surface area (TPSA) is 89.7 Å². The van der Waals surface area contributed by atoms with Gasteiger partial charge in [-0.3, -0.25) is 15.5 Å². The number of aromatic nitrogens is 1. The lowest BCUT2D eigenvalue weighted by Gasteiger charge is -2.11. The maximum atomic E-state index is 10.6. The number of hydrogen-bond acceptors (Lipinski definition) is 6. The van der Waals surface area contributed by atoms with Crippen molar-refractivity contribution in [1.29, 1.82) is 0 Å². The summed E-state index contributed by atoms with van der Waals surface area (Å²) in [5.74, 6) is 1.27. The zero-order chi connectivity index (χ0) is 19.9. The Kier molecular flexibility index (Phi) is 7.14. The Morgan fingerprint density at radius 3 is 2.46 bits per heavy atom. The van der Waals surface area contributed by atoms with Crippen LogP contribution in [0.4, 0.5) is 11.5 Å². The molecular weight excluding hydrogens is 586 g/mol. The molecule has 0 aliphatic heterocycles. The zero-order valence-electron chi connectivity index (χ0n) is 14.4. The molecule has 0 saturated heterocycles. The predicted octanol–water partition coefficient (Wildman–Crippen LogP) is 5.22. The maximum absolute atomic E-state index is 10.6. The van der Waals surface area contributed by atoms with E-state index < -0.39 is 4.92 Å². The fourth-order valence-electron chi connectivity index (χ4n) is 2.25. The van der Waals surface area contributed by atoms with Crippen LogP contribution in [-0.2, 0) is 6.61 Å². The third kappa shape index (κ3) is 5.61. The molecule has 1 aromatic heterocycles. The van der Waals surface area contributed by atoms with E-state index in [1.807, 2.05) is 42.5 Å². The van der Waals surface area contributed by atoms with Crippen LogP contribution in [0.2, 0.25) is 0 Å². The smallest absolute Gasteiger partial charge is 0.287 e. The molecule has 0 unspecified atom stereocenters. The van der Waals surface area contributed by atoms with E-state index in [0.717, 1.165) is 24.0 Å². The summed E-state index contributed by atoms with van der Waals surface area (Å²) < 4.78 is 7.94. The van der Waals surface area contributed by atoms with E-state index in [4.69, 9.17) is 4.74 Å². The number of nitrogens with one attached hydrogen (secondary N) is 1. The lowest BCUT2D eigenvalue weighted by molar-refractivity contribution is -0.385. The summed E-state index contributed by atoms with van der Waals surface area (Å²) in [5, 5.41) is 14.8. The van der Waals surface area contributed by atoms with Crippen LogP contribution in [0.3, 0.4) is 0 Å². The van der Waals surface area contributed by atoms with Crippen LogP contribution in [0.1, 0.15) is 11.1 Å². The summed E-state index contributed by atoms with van der Waals surface area (Å²) in [6, 6.07) is 16.8. The SMILES string of the molecule is O=[N+]([O-])c1ccc(N/N=C/c2cc(I)c(OCc3ccccc3)c(I)c2)nc1. The van der Waals surface area contributed by atoms with E-state index in [1.54, 1.807) is 6.21 Å². The molecule has 2 aromatic carbocycles. The molecule has 0 aliphatic rings. The Balaban J connectivity index is 1.64. The highest BCUT2D eigenvalue weighted by molar-refractivity contribution is 14.1. The van der Waals surface area contributed by atoms with Gasteiger partial charge in [0.05, 0.1) is 18.3 Å². The van der Waals surface area contributed by atoms with Gasteiger partial charge in [-0.1, -0.05) is 30.3 Å². The van der Waals surface area contributed by atoms with Crippen LogP contribution in [0, 0.1) is 17.3 Å². The summed E-state index contributed by atoms with van der Waals surface area (Å²) in [5.41, 5.74) is 4.70. The van der Waals surface area contributed by atoms with E-state index >= 15 is 0 Å². The van der Waals surface area contributed by atoms with Crippen molar-refractivity contribution in [2.24, 2.45) is 5.10 Å². The van der Waals surface area contributed by atoms with E-state index in [1.165, 1.54) is 18.3 Å². The fourth-order valence-corrected chi connectivity index (χ4v) is 4.38. The molecule has 0 spiro atoms. The number of nitrogens with zero attached hydrogens (tertiary/aromatic N) is 3. The van der Waals surface area contributed by atoms with Gasteiger partial charge in [0.25, 0.3) is 5.69 Å². The number of halogens is 2. The number of ether oxygens (including phenoxy) is 1. The van der Waals surface area contributed by atoms with Gasteiger partial charge in [-0.15, -0.1) is 0 Å². The van der Waals surface area contributed by atoms with Gasteiger partial charge < -0.3 is 4.74 Å². The minimum atomic E-state index is -0.495. The first kappa shape index (κ1) is 20.5. The molecule has 0 radical (unpaired) electrons. The zero-order valence-corrected chi connectivity index (χ0v) is 18.7. The number of rotatable bonds is 7. The molecule has 0 aliphatic carbocycles. The fraction of sp³-hybridized carbons (Fsp3) is 0.0526. The van der Waals surface area contributed by atoms with E-state index in [0.29, 0.717) is 12.4 Å². The molecule has 1 N–H and O–H groups in total. The van der Waals surface area contributed by atoms with Crippen LogP contribution in [0.25, 0.3) is 0 Å². The van der Waals surface area contributed by atoms with Crippen molar-refractivity contribution in [3.05, 3.63) is 89.2 Å². The second-order valence-electron chi connectivity index (χ2n) is 5.62. The highest BCUT2D eigenvalue weighted by Crippen LogP contribution is 2.29. The lowest BCUT2D eigenvalue weighted by atomic mass is 10.2. The molecule has 142 valence electrons. The normalized spacial score (nSPS) is 10.8. The average molecular weight is 600 g/mol. The lowest BCUT2D eigenvalue weighted by Crippen LogP contribution is -2.00. The number of pyridine rings is 1. The van der Waals surface area contributed by atoms with Crippen LogP contribution >= 0.6 is 45.2 Å². The standard InChI is InChI=1S/C19H14I2N4O3/c20-16-8-14(10-23-24-18-7-6-15(11-22-18)25(26)27)9-17(21)19(16)28-12-13-4-2-1-3-5-13/h1-11H,12H2,(H,22,24)/b23-10+. The van der Waals surface area contributed by atoms with Crippen molar-refractivity contribution in [3.8, 4) is 5.75 Å². The molecule has 0 amide bonds. The molecule has 9 heteroatoms. The Morgan fingerprint density at radius 2 is 1.86 bits per heavy atom. The second kappa shape index (κ2) is 9.78. The van der Waals surface area contributed by atoms with Gasteiger partial charge in [-0.25, -0.2) is 4.98 Å². The molecule has 28 heavy (non-hydrogen) atoms. The summed E-state index contributed by atoms with van der Waals surface area (Å²) in [4.78, 5) is 14.1. The van der Waals surface area contributed by atoms with Crippen LogP contribution in [0.5, 0.6) is 5.75 Å². The first-order valence-electron chi connectivity index (χ1n) is 8.08. The third-order valence-corrected chi connectivity index (χ3v) is 5.20. The molecule has 0 atom stereocenters. The highest BCUT2D eigenvalue weighted by atomic mass is 127. The number of nitro groups is 1. The molecule has 0 bridgehead atoms. The summed E-state index contributed by atoms with van der Waals surface area (Å²) in [6.45, 7) is 0.508. The first-order chi connectivity index (χ1) is 13.5. The average Bonchev–Trinajstić information content (AvgIpc) is 2.68. The van der Waals surface area contributed by atoms with Gasteiger partial charge in [0.1, 0.15) is 24.4 Å². The van der Waals surface area contributed by atoms with Crippen molar-refractivity contribution >= 4 is 62.9 Å². The summed E-state index contributed by atoms with van der Waals surface area (Å²) in [6.07, 6.45) is 2.84. The van der Waals surface area contributed by atoms with Gasteiger partial charge in [0.15, 0.2) is 0 Å².